The van der Waals surface area contributed by atoms with Crippen molar-refractivity contribution in [1.82, 2.24) is 4.90 Å². The van der Waals surface area contributed by atoms with Crippen LogP contribution in [0.4, 0.5) is 9.59 Å². The summed E-state index contributed by atoms with van der Waals surface area (Å²) in [6.45, 7) is 4.54. The van der Waals surface area contributed by atoms with E-state index in [2.05, 4.69) is 15.9 Å². The molecule has 0 spiro atoms. The van der Waals surface area contributed by atoms with E-state index >= 15 is 0 Å². The summed E-state index contributed by atoms with van der Waals surface area (Å²) >= 11 is 3.70. The third-order valence-electron chi connectivity index (χ3n) is 6.33. The van der Waals surface area contributed by atoms with E-state index < -0.39 is 12.2 Å². The molecule has 0 aromatic heterocycles. The maximum atomic E-state index is 13.1. The smallest absolute Gasteiger partial charge is 0.493 e. The maximum absolute atomic E-state index is 13.1. The molecule has 0 atom stereocenters. The molecule has 0 bridgehead atoms. The van der Waals surface area contributed by atoms with E-state index in [1.807, 2.05) is 42.5 Å². The fraction of sp³-hybridized carbons (Fsp3) is 0.290. The summed E-state index contributed by atoms with van der Waals surface area (Å²) < 4.78 is 33.7. The number of hydrogen-bond acceptors (Lipinski definition) is 8. The number of carbonyl (C=O) groups is 2. The molecule has 216 valence electrons. The number of amides is 1. The molecular formula is C31H32BrNO8. The quantitative estimate of drug-likeness (QED) is 0.184. The van der Waals surface area contributed by atoms with Crippen LogP contribution in [-0.2, 0) is 22.5 Å². The van der Waals surface area contributed by atoms with Crippen molar-refractivity contribution in [3.05, 3.63) is 81.3 Å². The Labute approximate surface area is 247 Å². The molecule has 0 fully saturated rings. The SMILES string of the molecule is CCOC(=O)Oc1cc2c(cc1OC)CCN(C(=O)OCC)/C2=C\c1ccc(OC)c(OCc2ccccc2)c1Br. The summed E-state index contributed by atoms with van der Waals surface area (Å²) in [6, 6.07) is 16.9. The Hall–Kier alpha value is -4.18. The fourth-order valence-electron chi connectivity index (χ4n) is 4.41. The Morgan fingerprint density at radius 2 is 1.66 bits per heavy atom. The number of hydrogen-bond donors (Lipinski definition) is 0. The van der Waals surface area contributed by atoms with Crippen LogP contribution in [0, 0.1) is 0 Å². The van der Waals surface area contributed by atoms with Gasteiger partial charge in [-0.25, -0.2) is 9.59 Å². The molecule has 0 saturated heterocycles. The van der Waals surface area contributed by atoms with Crippen LogP contribution in [0.5, 0.6) is 23.0 Å². The van der Waals surface area contributed by atoms with Crippen LogP contribution in [0.25, 0.3) is 11.8 Å². The van der Waals surface area contributed by atoms with Gasteiger partial charge in [0.2, 0.25) is 0 Å². The molecule has 10 heteroatoms. The van der Waals surface area contributed by atoms with Gasteiger partial charge in [-0.15, -0.1) is 0 Å². The number of rotatable bonds is 9. The molecule has 4 rings (SSSR count). The number of methoxy groups -OCH3 is 2. The molecule has 1 aliphatic rings. The summed E-state index contributed by atoms with van der Waals surface area (Å²) in [6.07, 6.45) is 1.05. The van der Waals surface area contributed by atoms with Crippen LogP contribution in [0.15, 0.2) is 59.1 Å². The predicted molar refractivity (Wildman–Crippen MR) is 157 cm³/mol. The van der Waals surface area contributed by atoms with Crippen LogP contribution in [0.1, 0.15) is 36.1 Å². The van der Waals surface area contributed by atoms with Crippen LogP contribution in [0.2, 0.25) is 0 Å². The number of halogens is 1. The lowest BCUT2D eigenvalue weighted by molar-refractivity contribution is 0.103. The topological polar surface area (TPSA) is 92.8 Å². The van der Waals surface area contributed by atoms with Gasteiger partial charge in [-0.05, 0) is 83.2 Å². The van der Waals surface area contributed by atoms with Crippen LogP contribution in [-0.4, -0.2) is 51.1 Å². The number of carbonyl (C=O) groups excluding carboxylic acids is 2. The van der Waals surface area contributed by atoms with Gasteiger partial charge >= 0.3 is 12.2 Å². The second-order valence-corrected chi connectivity index (χ2v) is 9.64. The fourth-order valence-corrected chi connectivity index (χ4v) is 4.96. The normalized spacial score (nSPS) is 13.3. The molecule has 1 amide bonds. The minimum Gasteiger partial charge on any atom is -0.493 e. The molecule has 0 saturated carbocycles. The molecule has 0 N–H and O–H groups in total. The summed E-state index contributed by atoms with van der Waals surface area (Å²) in [7, 11) is 3.07. The predicted octanol–water partition coefficient (Wildman–Crippen LogP) is 7.09. The van der Waals surface area contributed by atoms with Crippen molar-refractivity contribution in [1.29, 1.82) is 0 Å². The lowest BCUT2D eigenvalue weighted by Crippen LogP contribution is -2.35. The molecule has 9 nitrogen and oxygen atoms in total. The zero-order valence-corrected chi connectivity index (χ0v) is 25.0. The third kappa shape index (κ3) is 6.94. The Kier molecular flexibility index (Phi) is 10.1. The van der Waals surface area contributed by atoms with Gasteiger partial charge in [0.1, 0.15) is 6.61 Å². The van der Waals surface area contributed by atoms with E-state index in [4.69, 9.17) is 28.4 Å². The highest BCUT2D eigenvalue weighted by molar-refractivity contribution is 9.10. The third-order valence-corrected chi connectivity index (χ3v) is 7.15. The molecule has 1 aliphatic heterocycles. The zero-order valence-electron chi connectivity index (χ0n) is 23.4. The van der Waals surface area contributed by atoms with Gasteiger partial charge in [0.15, 0.2) is 23.0 Å². The molecule has 0 aliphatic carbocycles. The Balaban J connectivity index is 1.82. The van der Waals surface area contributed by atoms with E-state index in [1.165, 1.54) is 7.11 Å². The lowest BCUT2D eigenvalue weighted by Gasteiger charge is -2.31. The second kappa shape index (κ2) is 13.9. The van der Waals surface area contributed by atoms with Gasteiger partial charge in [0.05, 0.1) is 37.6 Å². The molecule has 3 aromatic carbocycles. The first kappa shape index (κ1) is 29.8. The van der Waals surface area contributed by atoms with Crippen molar-refractivity contribution in [3.63, 3.8) is 0 Å². The number of fused-ring (bicyclic) bond motifs is 1. The van der Waals surface area contributed by atoms with E-state index in [9.17, 15) is 9.59 Å². The monoisotopic (exact) mass is 625 g/mol. The van der Waals surface area contributed by atoms with E-state index in [0.29, 0.717) is 52.6 Å². The first-order valence-corrected chi connectivity index (χ1v) is 13.9. The second-order valence-electron chi connectivity index (χ2n) is 8.85. The van der Waals surface area contributed by atoms with Crippen molar-refractivity contribution >= 4 is 40.0 Å². The highest BCUT2D eigenvalue weighted by Crippen LogP contribution is 2.43. The Bertz CT molecular complexity index is 1420. The van der Waals surface area contributed by atoms with Crippen molar-refractivity contribution in [2.75, 3.05) is 34.0 Å². The van der Waals surface area contributed by atoms with E-state index in [-0.39, 0.29) is 19.0 Å². The average Bonchev–Trinajstić information content (AvgIpc) is 2.98. The van der Waals surface area contributed by atoms with Crippen LogP contribution >= 0.6 is 15.9 Å². The standard InChI is InChI=1S/C31H32BrNO8/c1-5-38-30(34)33-15-14-21-17-26(37-4)27(41-31(35)39-6-2)18-23(21)24(33)16-22-12-13-25(36-3)29(28(22)32)40-19-20-10-8-7-9-11-20/h7-13,16-18H,5-6,14-15,19H2,1-4H3/b24-16-. The van der Waals surface area contributed by atoms with E-state index in [1.54, 1.807) is 44.1 Å². The van der Waals surface area contributed by atoms with Gasteiger partial charge in [0, 0.05) is 12.1 Å². The number of nitrogens with zero attached hydrogens (tertiary/aromatic N) is 1. The first-order valence-electron chi connectivity index (χ1n) is 13.1. The van der Waals surface area contributed by atoms with Crippen molar-refractivity contribution in [2.24, 2.45) is 0 Å². The highest BCUT2D eigenvalue weighted by Gasteiger charge is 2.30. The Morgan fingerprint density at radius 1 is 0.927 bits per heavy atom. The lowest BCUT2D eigenvalue weighted by atomic mass is 9.94. The van der Waals surface area contributed by atoms with E-state index in [0.717, 1.165) is 16.7 Å². The maximum Gasteiger partial charge on any atom is 0.513 e. The van der Waals surface area contributed by atoms with Gasteiger partial charge in [-0.2, -0.15) is 0 Å². The summed E-state index contributed by atoms with van der Waals surface area (Å²) in [5.74, 6) is 1.62. The molecular weight excluding hydrogens is 594 g/mol. The molecule has 1 heterocycles. The minimum absolute atomic E-state index is 0.161. The van der Waals surface area contributed by atoms with Crippen LogP contribution in [0.3, 0.4) is 0 Å². The first-order chi connectivity index (χ1) is 19.9. The molecule has 3 aromatic rings. The van der Waals surface area contributed by atoms with Crippen molar-refractivity contribution < 1.29 is 38.0 Å². The highest BCUT2D eigenvalue weighted by atomic mass is 79.9. The Morgan fingerprint density at radius 3 is 2.34 bits per heavy atom. The summed E-state index contributed by atoms with van der Waals surface area (Å²) in [5.41, 5.74) is 3.88. The zero-order chi connectivity index (χ0) is 29.4. The molecule has 0 unspecified atom stereocenters. The summed E-state index contributed by atoms with van der Waals surface area (Å²) in [5, 5.41) is 0. The van der Waals surface area contributed by atoms with Crippen molar-refractivity contribution in [3.8, 4) is 23.0 Å². The number of benzene rings is 3. The van der Waals surface area contributed by atoms with Gasteiger partial charge < -0.3 is 28.4 Å². The molecule has 0 radical (unpaired) electrons. The summed E-state index contributed by atoms with van der Waals surface area (Å²) in [4.78, 5) is 26.8. The average molecular weight is 627 g/mol. The largest absolute Gasteiger partial charge is 0.513 e. The molecule has 41 heavy (non-hydrogen) atoms. The van der Waals surface area contributed by atoms with Gasteiger partial charge in [-0.1, -0.05) is 30.3 Å². The van der Waals surface area contributed by atoms with Crippen LogP contribution < -0.4 is 18.9 Å². The minimum atomic E-state index is -0.854. The van der Waals surface area contributed by atoms with Gasteiger partial charge in [0.25, 0.3) is 0 Å². The van der Waals surface area contributed by atoms with Crippen molar-refractivity contribution in [2.45, 2.75) is 26.9 Å². The van der Waals surface area contributed by atoms with Gasteiger partial charge in [-0.3, -0.25) is 4.90 Å². The number of ether oxygens (including phenoxy) is 6.